The summed E-state index contributed by atoms with van der Waals surface area (Å²) in [6.07, 6.45) is 3.99. The van der Waals surface area contributed by atoms with Gasteiger partial charge in [0.05, 0.1) is 0 Å². The summed E-state index contributed by atoms with van der Waals surface area (Å²) in [5, 5.41) is 3.47. The van der Waals surface area contributed by atoms with Crippen LogP contribution >= 0.6 is 12.4 Å². The van der Waals surface area contributed by atoms with E-state index in [-0.39, 0.29) is 12.4 Å². The van der Waals surface area contributed by atoms with Crippen molar-refractivity contribution in [3.63, 3.8) is 0 Å². The number of aromatic nitrogens is 2. The van der Waals surface area contributed by atoms with Crippen molar-refractivity contribution in [1.29, 1.82) is 0 Å². The van der Waals surface area contributed by atoms with Gasteiger partial charge in [0.2, 0.25) is 5.95 Å². The number of halogens is 1. The van der Waals surface area contributed by atoms with Gasteiger partial charge in [-0.25, -0.2) is 9.97 Å². The Morgan fingerprint density at radius 1 is 1.14 bits per heavy atom. The Kier molecular flexibility index (Phi) is 6.37. The molecule has 0 saturated carbocycles. The Bertz CT molecular complexity index is 446. The molecule has 124 valence electrons. The van der Waals surface area contributed by atoms with Crippen LogP contribution in [0.2, 0.25) is 0 Å². The Labute approximate surface area is 139 Å². The maximum atomic E-state index is 4.57. The molecule has 7 heteroatoms. The quantitative estimate of drug-likeness (QED) is 0.870. The Balaban J connectivity index is 0.00000176. The van der Waals surface area contributed by atoms with Gasteiger partial charge in [-0.1, -0.05) is 0 Å². The molecule has 6 nitrogen and oxygen atoms in total. The van der Waals surface area contributed by atoms with Crippen molar-refractivity contribution < 1.29 is 0 Å². The molecule has 0 unspecified atom stereocenters. The molecule has 2 fully saturated rings. The van der Waals surface area contributed by atoms with Crippen molar-refractivity contribution in [2.24, 2.45) is 0 Å². The Morgan fingerprint density at radius 3 is 2.45 bits per heavy atom. The van der Waals surface area contributed by atoms with Crippen LogP contribution in [0.15, 0.2) is 12.4 Å². The van der Waals surface area contributed by atoms with Gasteiger partial charge < -0.3 is 15.1 Å². The molecule has 1 aromatic heterocycles. The van der Waals surface area contributed by atoms with E-state index in [4.69, 9.17) is 0 Å². The van der Waals surface area contributed by atoms with Crippen molar-refractivity contribution in [2.45, 2.75) is 19.5 Å². The van der Waals surface area contributed by atoms with Gasteiger partial charge in [0.15, 0.2) is 0 Å². The second-order valence-corrected chi connectivity index (χ2v) is 6.27. The van der Waals surface area contributed by atoms with E-state index in [0.717, 1.165) is 58.3 Å². The fraction of sp³-hybridized carbons (Fsp3) is 0.733. The van der Waals surface area contributed by atoms with E-state index in [2.05, 4.69) is 44.0 Å². The minimum atomic E-state index is 0. The van der Waals surface area contributed by atoms with E-state index in [9.17, 15) is 0 Å². The van der Waals surface area contributed by atoms with Gasteiger partial charge in [0.1, 0.15) is 0 Å². The van der Waals surface area contributed by atoms with E-state index < -0.39 is 0 Å². The molecule has 2 aliphatic rings. The zero-order valence-corrected chi connectivity index (χ0v) is 14.3. The fourth-order valence-corrected chi connectivity index (χ4v) is 3.01. The zero-order chi connectivity index (χ0) is 14.7. The lowest BCUT2D eigenvalue weighted by atomic mass is 10.2. The number of hydrogen-bond donors (Lipinski definition) is 1. The largest absolute Gasteiger partial charge is 0.338 e. The minimum absolute atomic E-state index is 0. The van der Waals surface area contributed by atoms with Crippen molar-refractivity contribution >= 4 is 18.4 Å². The van der Waals surface area contributed by atoms with Crippen LogP contribution in [0.5, 0.6) is 0 Å². The van der Waals surface area contributed by atoms with Gasteiger partial charge in [0, 0.05) is 76.4 Å². The van der Waals surface area contributed by atoms with Gasteiger partial charge in [-0.05, 0) is 14.0 Å². The van der Waals surface area contributed by atoms with Crippen LogP contribution in [0.1, 0.15) is 12.5 Å². The Hall–Kier alpha value is -0.950. The summed E-state index contributed by atoms with van der Waals surface area (Å²) < 4.78 is 0. The standard InChI is InChI=1S/C15H26N6.ClH/c1-13-11-20(4-3-16-13)12-14-9-17-15(18-10-14)21-7-5-19(2)6-8-21;/h9-10,13,16H,3-8,11-12H2,1-2H3;1H/t13-;/m1./s1. The molecule has 0 amide bonds. The molecule has 1 atom stereocenters. The summed E-state index contributed by atoms with van der Waals surface area (Å²) in [5.41, 5.74) is 1.21. The summed E-state index contributed by atoms with van der Waals surface area (Å²) in [5.74, 6) is 0.875. The number of hydrogen-bond acceptors (Lipinski definition) is 6. The van der Waals surface area contributed by atoms with Crippen LogP contribution in [0, 0.1) is 0 Å². The lowest BCUT2D eigenvalue weighted by Gasteiger charge is -2.33. The van der Waals surface area contributed by atoms with Gasteiger partial charge in [-0.15, -0.1) is 12.4 Å². The van der Waals surface area contributed by atoms with E-state index in [1.807, 2.05) is 12.4 Å². The highest BCUT2D eigenvalue weighted by atomic mass is 35.5. The maximum Gasteiger partial charge on any atom is 0.225 e. The third-order valence-corrected chi connectivity index (χ3v) is 4.34. The molecule has 0 aromatic carbocycles. The van der Waals surface area contributed by atoms with Gasteiger partial charge >= 0.3 is 0 Å². The highest BCUT2D eigenvalue weighted by Gasteiger charge is 2.18. The molecule has 0 spiro atoms. The Morgan fingerprint density at radius 2 is 1.82 bits per heavy atom. The summed E-state index contributed by atoms with van der Waals surface area (Å²) >= 11 is 0. The first-order valence-electron chi connectivity index (χ1n) is 7.91. The van der Waals surface area contributed by atoms with Gasteiger partial charge in [-0.3, -0.25) is 4.90 Å². The summed E-state index contributed by atoms with van der Waals surface area (Å²) in [6.45, 7) is 10.7. The van der Waals surface area contributed by atoms with Crippen LogP contribution in [0.4, 0.5) is 5.95 Å². The van der Waals surface area contributed by atoms with Crippen LogP contribution in [-0.4, -0.2) is 78.7 Å². The molecular weight excluding hydrogens is 300 g/mol. The predicted octanol–water partition coefficient (Wildman–Crippen LogP) is 0.444. The molecule has 3 heterocycles. The highest BCUT2D eigenvalue weighted by molar-refractivity contribution is 5.85. The summed E-state index contributed by atoms with van der Waals surface area (Å²) in [7, 11) is 2.16. The molecule has 22 heavy (non-hydrogen) atoms. The number of likely N-dealkylation sites (N-methyl/N-ethyl adjacent to an activating group) is 1. The number of nitrogens with one attached hydrogen (secondary N) is 1. The monoisotopic (exact) mass is 326 g/mol. The van der Waals surface area contributed by atoms with Crippen molar-refractivity contribution in [3.8, 4) is 0 Å². The fourth-order valence-electron chi connectivity index (χ4n) is 3.01. The summed E-state index contributed by atoms with van der Waals surface area (Å²) in [6, 6.07) is 0.573. The SMILES string of the molecule is C[C@@H]1CN(Cc2cnc(N3CCN(C)CC3)nc2)CCN1.Cl. The molecule has 0 aliphatic carbocycles. The lowest BCUT2D eigenvalue weighted by Crippen LogP contribution is -2.48. The molecule has 3 rings (SSSR count). The van der Waals surface area contributed by atoms with Crippen molar-refractivity contribution in [2.75, 3.05) is 57.8 Å². The predicted molar refractivity (Wildman–Crippen MR) is 91.7 cm³/mol. The minimum Gasteiger partial charge on any atom is -0.338 e. The molecule has 1 aromatic rings. The number of nitrogens with zero attached hydrogens (tertiary/aromatic N) is 5. The van der Waals surface area contributed by atoms with Gasteiger partial charge in [-0.2, -0.15) is 0 Å². The zero-order valence-electron chi connectivity index (χ0n) is 13.5. The molecule has 2 aliphatic heterocycles. The molecule has 1 N–H and O–H groups in total. The van der Waals surface area contributed by atoms with E-state index in [0.29, 0.717) is 6.04 Å². The third-order valence-electron chi connectivity index (χ3n) is 4.34. The first-order chi connectivity index (χ1) is 10.2. The number of piperazine rings is 2. The highest BCUT2D eigenvalue weighted by Crippen LogP contribution is 2.12. The topological polar surface area (TPSA) is 47.5 Å². The first-order valence-corrected chi connectivity index (χ1v) is 7.91. The summed E-state index contributed by atoms with van der Waals surface area (Å²) in [4.78, 5) is 16.2. The second kappa shape index (κ2) is 8.06. The lowest BCUT2D eigenvalue weighted by molar-refractivity contribution is 0.199. The maximum absolute atomic E-state index is 4.57. The van der Waals surface area contributed by atoms with Crippen LogP contribution < -0.4 is 10.2 Å². The van der Waals surface area contributed by atoms with Crippen LogP contribution in [-0.2, 0) is 6.54 Å². The number of rotatable bonds is 3. The third kappa shape index (κ3) is 4.52. The van der Waals surface area contributed by atoms with E-state index in [1.54, 1.807) is 0 Å². The van der Waals surface area contributed by atoms with Crippen LogP contribution in [0.25, 0.3) is 0 Å². The average molecular weight is 327 g/mol. The normalized spacial score (nSPS) is 24.1. The second-order valence-electron chi connectivity index (χ2n) is 6.27. The molecular formula is C15H27ClN6. The number of anilines is 1. The van der Waals surface area contributed by atoms with E-state index in [1.165, 1.54) is 5.56 Å². The van der Waals surface area contributed by atoms with Gasteiger partial charge in [0.25, 0.3) is 0 Å². The van der Waals surface area contributed by atoms with Crippen molar-refractivity contribution in [3.05, 3.63) is 18.0 Å². The average Bonchev–Trinajstić information content (AvgIpc) is 2.49. The molecule has 0 radical (unpaired) electrons. The first kappa shape index (κ1) is 17.4. The smallest absolute Gasteiger partial charge is 0.225 e. The van der Waals surface area contributed by atoms with Crippen LogP contribution in [0.3, 0.4) is 0 Å². The molecule has 0 bridgehead atoms. The van der Waals surface area contributed by atoms with E-state index >= 15 is 0 Å². The van der Waals surface area contributed by atoms with Crippen molar-refractivity contribution in [1.82, 2.24) is 25.1 Å². The molecule has 2 saturated heterocycles.